The lowest BCUT2D eigenvalue weighted by atomic mass is 10.0. The van der Waals surface area contributed by atoms with Gasteiger partial charge in [0.1, 0.15) is 5.75 Å². The lowest BCUT2D eigenvalue weighted by molar-refractivity contribution is -0.138. The van der Waals surface area contributed by atoms with Crippen LogP contribution in [0.2, 0.25) is 5.02 Å². The van der Waals surface area contributed by atoms with Gasteiger partial charge in [-0.1, -0.05) is 41.4 Å². The van der Waals surface area contributed by atoms with E-state index in [0.29, 0.717) is 29.3 Å². The van der Waals surface area contributed by atoms with Crippen molar-refractivity contribution in [2.24, 2.45) is 10.4 Å². The molecule has 0 aliphatic heterocycles. The van der Waals surface area contributed by atoms with Crippen LogP contribution in [-0.4, -0.2) is 31.0 Å². The summed E-state index contributed by atoms with van der Waals surface area (Å²) in [5.74, 6) is 5.72. The Bertz CT molecular complexity index is 1510. The van der Waals surface area contributed by atoms with E-state index in [1.165, 1.54) is 4.57 Å². The number of nitrogens with two attached hydrogens (primary N) is 1. The number of carboxylic acids is 1. The molecule has 1 aliphatic carbocycles. The first-order valence-electron chi connectivity index (χ1n) is 12.0. The van der Waals surface area contributed by atoms with E-state index >= 15 is 0 Å². The summed E-state index contributed by atoms with van der Waals surface area (Å²) in [6.45, 7) is 5.79. The first-order valence-corrected chi connectivity index (χ1v) is 12.4. The van der Waals surface area contributed by atoms with E-state index < -0.39 is 22.8 Å². The Morgan fingerprint density at radius 1 is 1.14 bits per heavy atom. The highest BCUT2D eigenvalue weighted by Crippen LogP contribution is 2.49. The number of aromatic nitrogens is 3. The number of aryl methyl sites for hydroxylation is 1. The molecule has 10 nitrogen and oxygen atoms in total. The molecule has 1 aliphatic rings. The molecule has 196 valence electrons. The Morgan fingerprint density at radius 3 is 2.38 bits per heavy atom. The highest BCUT2D eigenvalue weighted by atomic mass is 35.5. The summed E-state index contributed by atoms with van der Waals surface area (Å²) < 4.78 is 8.81. The van der Waals surface area contributed by atoms with Gasteiger partial charge in [0.2, 0.25) is 5.62 Å². The molecule has 0 atom stereocenters. The minimum atomic E-state index is -0.973. The molecule has 1 heterocycles. The van der Waals surface area contributed by atoms with Crippen molar-refractivity contribution in [2.75, 3.05) is 5.84 Å². The molecular formula is C26H30ClN5O5. The first-order chi connectivity index (χ1) is 17.5. The molecule has 4 rings (SSSR count). The van der Waals surface area contributed by atoms with Crippen LogP contribution in [0, 0.1) is 12.3 Å². The number of nitrogens with zero attached hydrogens (tertiary/aromatic N) is 4. The molecule has 2 aromatic carbocycles. The Balaban J connectivity index is 1.87. The maximum Gasteiger partial charge on any atom is 0.353 e. The van der Waals surface area contributed by atoms with Gasteiger partial charge in [0.15, 0.2) is 0 Å². The lowest BCUT2D eigenvalue weighted by Gasteiger charge is -2.18. The average molecular weight is 528 g/mol. The third-order valence-electron chi connectivity index (χ3n) is 6.30. The highest BCUT2D eigenvalue weighted by Gasteiger charge is 2.45. The van der Waals surface area contributed by atoms with Gasteiger partial charge in [0, 0.05) is 6.54 Å². The van der Waals surface area contributed by atoms with Crippen LogP contribution in [0.4, 0.5) is 5.69 Å². The van der Waals surface area contributed by atoms with Crippen molar-refractivity contribution in [2.45, 2.75) is 59.2 Å². The molecule has 11 heteroatoms. The fraction of sp³-hybridized carbons (Fsp3) is 0.385. The fourth-order valence-corrected chi connectivity index (χ4v) is 4.39. The summed E-state index contributed by atoms with van der Waals surface area (Å²) >= 11 is 6.37. The second-order valence-electron chi connectivity index (χ2n) is 9.86. The maximum absolute atomic E-state index is 13.7. The third kappa shape index (κ3) is 5.96. The SMILES string of the molecule is Cc1ccc(Cn2c(=Nc3ccc(OC(C)C)c(Cl)c3)n(N)c(=O)n(CC3(CC(=O)O)CC3)c2=O)cc1. The maximum atomic E-state index is 13.7. The van der Waals surface area contributed by atoms with Crippen molar-refractivity contribution in [1.29, 1.82) is 0 Å². The molecule has 0 bridgehead atoms. The monoisotopic (exact) mass is 527 g/mol. The van der Waals surface area contributed by atoms with Gasteiger partial charge in [-0.05, 0) is 62.8 Å². The molecule has 1 saturated carbocycles. The van der Waals surface area contributed by atoms with Crippen molar-refractivity contribution in [3.8, 4) is 5.75 Å². The van der Waals surface area contributed by atoms with Gasteiger partial charge in [0.25, 0.3) is 0 Å². The molecule has 0 spiro atoms. The number of carbonyl (C=O) groups is 1. The molecule has 0 amide bonds. The summed E-state index contributed by atoms with van der Waals surface area (Å²) in [4.78, 5) is 42.7. The van der Waals surface area contributed by atoms with Crippen LogP contribution in [0.5, 0.6) is 5.75 Å². The number of nitrogen functional groups attached to an aromatic ring is 1. The second-order valence-corrected chi connectivity index (χ2v) is 10.3. The first kappa shape index (κ1) is 26.3. The number of carboxylic acid groups (broad SMARTS) is 1. The lowest BCUT2D eigenvalue weighted by Crippen LogP contribution is -2.58. The predicted molar refractivity (Wildman–Crippen MR) is 140 cm³/mol. The van der Waals surface area contributed by atoms with Crippen molar-refractivity contribution in [3.63, 3.8) is 0 Å². The Morgan fingerprint density at radius 2 is 1.81 bits per heavy atom. The van der Waals surface area contributed by atoms with Gasteiger partial charge in [-0.2, -0.15) is 4.68 Å². The van der Waals surface area contributed by atoms with Crippen LogP contribution in [0.3, 0.4) is 0 Å². The van der Waals surface area contributed by atoms with Crippen molar-refractivity contribution in [3.05, 3.63) is 85.2 Å². The minimum Gasteiger partial charge on any atom is -0.489 e. The largest absolute Gasteiger partial charge is 0.489 e. The van der Waals surface area contributed by atoms with Crippen LogP contribution in [-0.2, 0) is 17.9 Å². The zero-order valence-electron chi connectivity index (χ0n) is 21.0. The van der Waals surface area contributed by atoms with Gasteiger partial charge in [-0.15, -0.1) is 0 Å². The molecule has 3 N–H and O–H groups in total. The molecular weight excluding hydrogens is 498 g/mol. The summed E-state index contributed by atoms with van der Waals surface area (Å²) in [5, 5.41) is 9.62. The standard InChI is InChI=1S/C26H30ClN5O5/c1-16(2)37-21-9-8-19(12-20(21)27)29-23-30(14-18-6-4-17(3)5-7-18)24(35)31(25(36)32(23)28)15-26(10-11-26)13-22(33)34/h4-9,12,16H,10-11,13-15,28H2,1-3H3,(H,33,34). The van der Waals surface area contributed by atoms with Crippen molar-refractivity contribution >= 4 is 23.3 Å². The molecule has 1 fully saturated rings. The van der Waals surface area contributed by atoms with E-state index in [9.17, 15) is 19.5 Å². The Labute approximate surface area is 218 Å². The zero-order chi connectivity index (χ0) is 26.9. The smallest absolute Gasteiger partial charge is 0.353 e. The average Bonchev–Trinajstić information content (AvgIpc) is 3.58. The normalized spacial score (nSPS) is 14.7. The van der Waals surface area contributed by atoms with Crippen molar-refractivity contribution in [1.82, 2.24) is 13.8 Å². The summed E-state index contributed by atoms with van der Waals surface area (Å²) in [5.41, 5.74) is 0.145. The quantitative estimate of drug-likeness (QED) is 0.411. The highest BCUT2D eigenvalue weighted by molar-refractivity contribution is 6.32. The molecule has 0 unspecified atom stereocenters. The number of halogens is 1. The van der Waals surface area contributed by atoms with Gasteiger partial charge >= 0.3 is 17.3 Å². The molecule has 3 aromatic rings. The third-order valence-corrected chi connectivity index (χ3v) is 6.60. The Hall–Kier alpha value is -3.79. The summed E-state index contributed by atoms with van der Waals surface area (Å²) in [6, 6.07) is 12.5. The van der Waals surface area contributed by atoms with Gasteiger partial charge < -0.3 is 15.7 Å². The Kier molecular flexibility index (Phi) is 7.31. The van der Waals surface area contributed by atoms with Crippen molar-refractivity contribution < 1.29 is 14.6 Å². The van der Waals surface area contributed by atoms with Gasteiger partial charge in [0.05, 0.1) is 29.8 Å². The molecule has 37 heavy (non-hydrogen) atoms. The molecule has 1 aromatic heterocycles. The molecule has 0 radical (unpaired) electrons. The van der Waals surface area contributed by atoms with Crippen LogP contribution in [0.25, 0.3) is 0 Å². The number of rotatable bonds is 9. The number of benzene rings is 2. The van der Waals surface area contributed by atoms with E-state index in [-0.39, 0.29) is 31.2 Å². The second kappa shape index (κ2) is 10.3. The van der Waals surface area contributed by atoms with Crippen LogP contribution in [0.15, 0.2) is 57.0 Å². The van der Waals surface area contributed by atoms with Crippen LogP contribution in [0.1, 0.15) is 44.2 Å². The number of aliphatic carboxylic acids is 1. The van der Waals surface area contributed by atoms with E-state index in [1.807, 2.05) is 45.0 Å². The minimum absolute atomic E-state index is 0.0323. The van der Waals surface area contributed by atoms with E-state index in [2.05, 4.69) is 4.99 Å². The van der Waals surface area contributed by atoms with E-state index in [4.69, 9.17) is 22.2 Å². The van der Waals surface area contributed by atoms with E-state index in [0.717, 1.165) is 20.4 Å². The van der Waals surface area contributed by atoms with Crippen LogP contribution < -0.4 is 27.6 Å². The zero-order valence-corrected chi connectivity index (χ0v) is 21.7. The summed E-state index contributed by atoms with van der Waals surface area (Å²) in [7, 11) is 0. The fourth-order valence-electron chi connectivity index (χ4n) is 4.17. The number of ether oxygens (including phenoxy) is 1. The van der Waals surface area contributed by atoms with Crippen LogP contribution >= 0.6 is 11.6 Å². The number of hydrogen-bond donors (Lipinski definition) is 2. The predicted octanol–water partition coefficient (Wildman–Crippen LogP) is 2.81. The molecule has 0 saturated heterocycles. The van der Waals surface area contributed by atoms with E-state index in [1.54, 1.807) is 18.2 Å². The topological polar surface area (TPSA) is 134 Å². The summed E-state index contributed by atoms with van der Waals surface area (Å²) in [6.07, 6.45) is 1.03. The number of hydrogen-bond acceptors (Lipinski definition) is 6. The van der Waals surface area contributed by atoms with Gasteiger partial charge in [-0.25, -0.2) is 19.1 Å². The van der Waals surface area contributed by atoms with Gasteiger partial charge in [-0.3, -0.25) is 9.36 Å².